The highest BCUT2D eigenvalue weighted by Gasteiger charge is 2.13. The van der Waals surface area contributed by atoms with Gasteiger partial charge in [0, 0.05) is 24.9 Å². The Balaban J connectivity index is 2.06. The molecule has 2 N–H and O–H groups in total. The van der Waals surface area contributed by atoms with Crippen molar-refractivity contribution >= 4 is 16.8 Å². The lowest BCUT2D eigenvalue weighted by molar-refractivity contribution is 0.0985. The molecular weight excluding hydrogens is 270 g/mol. The molecule has 0 radical (unpaired) electrons. The molecule has 0 aliphatic carbocycles. The van der Waals surface area contributed by atoms with Gasteiger partial charge in [0.05, 0.1) is 0 Å². The summed E-state index contributed by atoms with van der Waals surface area (Å²) in [5.41, 5.74) is 0.534. The van der Waals surface area contributed by atoms with Crippen LogP contribution in [0.3, 0.4) is 0 Å². The van der Waals surface area contributed by atoms with Crippen LogP contribution in [0, 0.1) is 0 Å². The van der Waals surface area contributed by atoms with Crippen molar-refractivity contribution in [2.75, 3.05) is 13.2 Å². The van der Waals surface area contributed by atoms with Crippen molar-refractivity contribution in [2.45, 2.75) is 32.9 Å². The second-order valence-corrected chi connectivity index (χ2v) is 5.37. The number of aliphatic hydroxyl groups excluding tert-OH is 1. The van der Waals surface area contributed by atoms with E-state index in [1.54, 1.807) is 12.1 Å². The highest BCUT2D eigenvalue weighted by Crippen LogP contribution is 2.29. The molecule has 0 bridgehead atoms. The third kappa shape index (κ3) is 4.06. The molecule has 1 heterocycles. The van der Waals surface area contributed by atoms with E-state index < -0.39 is 6.10 Å². The summed E-state index contributed by atoms with van der Waals surface area (Å²) in [6.45, 7) is 6.11. The van der Waals surface area contributed by atoms with Gasteiger partial charge in [0.1, 0.15) is 12.7 Å². The van der Waals surface area contributed by atoms with Gasteiger partial charge in [-0.1, -0.05) is 26.0 Å². The fourth-order valence-corrected chi connectivity index (χ4v) is 1.94. The fraction of sp³-hybridized carbons (Fsp3) is 0.438. The summed E-state index contributed by atoms with van der Waals surface area (Å²) in [6, 6.07) is 7.45. The SMILES string of the molecule is CC(=O)c1cc2cccc(OC[C@@H](O)CNC(C)C)c2o1. The molecular formula is C16H21NO4. The van der Waals surface area contributed by atoms with E-state index in [2.05, 4.69) is 5.32 Å². The molecule has 5 heteroatoms. The van der Waals surface area contributed by atoms with E-state index in [4.69, 9.17) is 9.15 Å². The third-order valence-corrected chi connectivity index (χ3v) is 3.05. The van der Waals surface area contributed by atoms with Crippen molar-refractivity contribution < 1.29 is 19.1 Å². The number of rotatable bonds is 7. The Labute approximate surface area is 123 Å². The van der Waals surface area contributed by atoms with Crippen LogP contribution in [-0.4, -0.2) is 36.2 Å². The quantitative estimate of drug-likeness (QED) is 0.766. The Morgan fingerprint density at radius 3 is 2.86 bits per heavy atom. The number of fused-ring (bicyclic) bond motifs is 1. The molecule has 0 fully saturated rings. The maximum absolute atomic E-state index is 11.4. The molecule has 5 nitrogen and oxygen atoms in total. The highest BCUT2D eigenvalue weighted by atomic mass is 16.5. The van der Waals surface area contributed by atoms with E-state index in [0.29, 0.717) is 29.7 Å². The molecule has 1 atom stereocenters. The van der Waals surface area contributed by atoms with Gasteiger partial charge in [0.2, 0.25) is 0 Å². The van der Waals surface area contributed by atoms with Gasteiger partial charge < -0.3 is 19.6 Å². The summed E-state index contributed by atoms with van der Waals surface area (Å²) in [5, 5.41) is 13.8. The van der Waals surface area contributed by atoms with Crippen LogP contribution in [0.1, 0.15) is 31.3 Å². The maximum Gasteiger partial charge on any atom is 0.194 e. The Kier molecular flexibility index (Phi) is 4.98. The Morgan fingerprint density at radius 1 is 1.43 bits per heavy atom. The van der Waals surface area contributed by atoms with Gasteiger partial charge in [0.25, 0.3) is 0 Å². The lowest BCUT2D eigenvalue weighted by atomic mass is 10.2. The number of benzene rings is 1. The molecule has 0 aliphatic rings. The van der Waals surface area contributed by atoms with Gasteiger partial charge in [-0.15, -0.1) is 0 Å². The number of aliphatic hydroxyl groups is 1. The predicted octanol–water partition coefficient (Wildman–Crippen LogP) is 2.37. The zero-order chi connectivity index (χ0) is 15.4. The number of hydrogen-bond acceptors (Lipinski definition) is 5. The van der Waals surface area contributed by atoms with Gasteiger partial charge in [-0.05, 0) is 12.1 Å². The standard InChI is InChI=1S/C16H21NO4/c1-10(2)17-8-13(19)9-20-14-6-4-5-12-7-15(11(3)18)21-16(12)14/h4-7,10,13,17,19H,8-9H2,1-3H3/t13-/m0/s1. The van der Waals surface area contributed by atoms with Crippen LogP contribution in [0.2, 0.25) is 0 Å². The Bertz CT molecular complexity index is 618. The first-order valence-electron chi connectivity index (χ1n) is 7.05. The monoisotopic (exact) mass is 291 g/mol. The minimum atomic E-state index is -0.607. The highest BCUT2D eigenvalue weighted by molar-refractivity contribution is 5.97. The largest absolute Gasteiger partial charge is 0.487 e. The second kappa shape index (κ2) is 6.74. The van der Waals surface area contributed by atoms with Gasteiger partial charge >= 0.3 is 0 Å². The number of ketones is 1. The molecule has 2 aromatic rings. The van der Waals surface area contributed by atoms with Crippen LogP contribution in [-0.2, 0) is 0 Å². The number of hydrogen-bond donors (Lipinski definition) is 2. The van der Waals surface area contributed by atoms with Crippen molar-refractivity contribution in [1.82, 2.24) is 5.32 Å². The van der Waals surface area contributed by atoms with Crippen molar-refractivity contribution in [3.63, 3.8) is 0 Å². The van der Waals surface area contributed by atoms with Crippen molar-refractivity contribution in [2.24, 2.45) is 0 Å². The number of para-hydroxylation sites is 1. The summed E-state index contributed by atoms with van der Waals surface area (Å²) in [4.78, 5) is 11.4. The van der Waals surface area contributed by atoms with Crippen molar-refractivity contribution in [3.8, 4) is 5.75 Å². The van der Waals surface area contributed by atoms with Gasteiger partial charge in [-0.25, -0.2) is 0 Å². The first kappa shape index (κ1) is 15.5. The third-order valence-electron chi connectivity index (χ3n) is 3.05. The summed E-state index contributed by atoms with van der Waals surface area (Å²) < 4.78 is 11.1. The summed E-state index contributed by atoms with van der Waals surface area (Å²) >= 11 is 0. The smallest absolute Gasteiger partial charge is 0.194 e. The van der Waals surface area contributed by atoms with Crippen molar-refractivity contribution in [3.05, 3.63) is 30.0 Å². The second-order valence-electron chi connectivity index (χ2n) is 5.37. The molecule has 0 saturated carbocycles. The zero-order valence-corrected chi connectivity index (χ0v) is 12.6. The van der Waals surface area contributed by atoms with Gasteiger partial charge in [0.15, 0.2) is 22.9 Å². The van der Waals surface area contributed by atoms with Gasteiger partial charge in [-0.3, -0.25) is 4.79 Å². The number of carbonyl (C=O) groups is 1. The van der Waals surface area contributed by atoms with Crippen LogP contribution in [0.15, 0.2) is 28.7 Å². The molecule has 21 heavy (non-hydrogen) atoms. The zero-order valence-electron chi connectivity index (χ0n) is 12.6. The summed E-state index contributed by atoms with van der Waals surface area (Å²) in [5.74, 6) is 0.713. The Hall–Kier alpha value is -1.85. The molecule has 0 unspecified atom stereocenters. The summed E-state index contributed by atoms with van der Waals surface area (Å²) in [6.07, 6.45) is -0.607. The van der Waals surface area contributed by atoms with Crippen LogP contribution in [0.25, 0.3) is 11.0 Å². The van der Waals surface area contributed by atoms with E-state index in [0.717, 1.165) is 5.39 Å². The lowest BCUT2D eigenvalue weighted by Gasteiger charge is -2.15. The fourth-order valence-electron chi connectivity index (χ4n) is 1.94. The van der Waals surface area contributed by atoms with E-state index >= 15 is 0 Å². The van der Waals surface area contributed by atoms with E-state index in [9.17, 15) is 9.90 Å². The van der Waals surface area contributed by atoms with Gasteiger partial charge in [-0.2, -0.15) is 0 Å². The lowest BCUT2D eigenvalue weighted by Crippen LogP contribution is -2.35. The van der Waals surface area contributed by atoms with Crippen LogP contribution in [0.4, 0.5) is 0 Å². The number of carbonyl (C=O) groups excluding carboxylic acids is 1. The predicted molar refractivity (Wildman–Crippen MR) is 80.9 cm³/mol. The normalized spacial score (nSPS) is 12.8. The number of nitrogens with one attached hydrogen (secondary N) is 1. The molecule has 0 spiro atoms. The number of ether oxygens (including phenoxy) is 1. The summed E-state index contributed by atoms with van der Waals surface area (Å²) in [7, 11) is 0. The average molecular weight is 291 g/mol. The molecule has 114 valence electrons. The van der Waals surface area contributed by atoms with Crippen molar-refractivity contribution in [1.29, 1.82) is 0 Å². The minimum absolute atomic E-state index is 0.127. The average Bonchev–Trinajstić information content (AvgIpc) is 2.87. The molecule has 0 aliphatic heterocycles. The van der Waals surface area contributed by atoms with Crippen LogP contribution >= 0.6 is 0 Å². The number of Topliss-reactive ketones (excluding diaryl/α,β-unsaturated/α-hetero) is 1. The van der Waals surface area contributed by atoms with Crippen LogP contribution < -0.4 is 10.1 Å². The molecule has 0 amide bonds. The van der Waals surface area contributed by atoms with E-state index in [1.807, 2.05) is 26.0 Å². The number of furan rings is 1. The molecule has 0 saturated heterocycles. The molecule has 2 rings (SSSR count). The molecule has 1 aromatic carbocycles. The Morgan fingerprint density at radius 2 is 2.19 bits per heavy atom. The first-order valence-corrected chi connectivity index (χ1v) is 7.05. The molecule has 1 aromatic heterocycles. The topological polar surface area (TPSA) is 71.7 Å². The van der Waals surface area contributed by atoms with E-state index in [-0.39, 0.29) is 12.4 Å². The van der Waals surface area contributed by atoms with E-state index in [1.165, 1.54) is 6.92 Å². The maximum atomic E-state index is 11.4. The first-order chi connectivity index (χ1) is 9.97. The minimum Gasteiger partial charge on any atom is -0.487 e. The van der Waals surface area contributed by atoms with Crippen LogP contribution in [0.5, 0.6) is 5.75 Å².